The van der Waals surface area contributed by atoms with Crippen LogP contribution >= 0.6 is 0 Å². The number of aromatic nitrogens is 1. The number of ether oxygens (including phenoxy) is 1. The van der Waals surface area contributed by atoms with E-state index < -0.39 is 23.9 Å². The van der Waals surface area contributed by atoms with Gasteiger partial charge in [-0.15, -0.1) is 0 Å². The molecule has 0 saturated heterocycles. The normalized spacial score (nSPS) is 12.9. The minimum absolute atomic E-state index is 0.00359. The quantitative estimate of drug-likeness (QED) is 0.463. The first kappa shape index (κ1) is 23.0. The fraction of sp³-hybridized carbons (Fsp3) is 0.231. The lowest BCUT2D eigenvalue weighted by molar-refractivity contribution is -0.141. The van der Waals surface area contributed by atoms with Gasteiger partial charge in [0.15, 0.2) is 0 Å². The van der Waals surface area contributed by atoms with Crippen LogP contribution in [0.15, 0.2) is 66.7 Å². The Kier molecular flexibility index (Phi) is 6.87. The van der Waals surface area contributed by atoms with E-state index in [1.165, 1.54) is 6.07 Å². The van der Waals surface area contributed by atoms with Gasteiger partial charge in [0.1, 0.15) is 18.1 Å². The third-order valence-corrected chi connectivity index (χ3v) is 5.91. The average molecular weight is 460 g/mol. The van der Waals surface area contributed by atoms with Gasteiger partial charge >= 0.3 is 12.1 Å². The summed E-state index contributed by atoms with van der Waals surface area (Å²) < 4.78 is 5.51. The number of anilines is 1. The molecule has 1 aliphatic rings. The highest BCUT2D eigenvalue weighted by molar-refractivity contribution is 5.93. The smallest absolute Gasteiger partial charge is 0.412 e. The van der Waals surface area contributed by atoms with Crippen LogP contribution in [-0.2, 0) is 9.53 Å². The number of hydrogen-bond donors (Lipinski definition) is 3. The monoisotopic (exact) mass is 459 g/mol. The van der Waals surface area contributed by atoms with Gasteiger partial charge in [-0.25, -0.2) is 9.78 Å². The van der Waals surface area contributed by atoms with Crippen molar-refractivity contribution in [3.05, 3.63) is 83.6 Å². The molecule has 0 bridgehead atoms. The second kappa shape index (κ2) is 10.2. The maximum Gasteiger partial charge on any atom is 0.412 e. The van der Waals surface area contributed by atoms with E-state index in [0.29, 0.717) is 6.42 Å². The molecule has 0 saturated carbocycles. The van der Waals surface area contributed by atoms with Crippen molar-refractivity contribution in [3.63, 3.8) is 0 Å². The van der Waals surface area contributed by atoms with Crippen LogP contribution < -0.4 is 10.6 Å². The molecule has 2 aromatic carbocycles. The van der Waals surface area contributed by atoms with E-state index in [2.05, 4.69) is 27.8 Å². The van der Waals surface area contributed by atoms with E-state index >= 15 is 0 Å². The first-order valence-electron chi connectivity index (χ1n) is 11.1. The Bertz CT molecular complexity index is 1180. The Morgan fingerprint density at radius 3 is 2.24 bits per heavy atom. The summed E-state index contributed by atoms with van der Waals surface area (Å²) in [7, 11) is 0. The molecular formula is C26H25N3O5. The Balaban J connectivity index is 1.37. The second-order valence-electron chi connectivity index (χ2n) is 8.01. The van der Waals surface area contributed by atoms with Gasteiger partial charge in [-0.1, -0.05) is 61.5 Å². The predicted molar refractivity (Wildman–Crippen MR) is 127 cm³/mol. The summed E-state index contributed by atoms with van der Waals surface area (Å²) >= 11 is 0. The number of hydrogen-bond acceptors (Lipinski definition) is 5. The zero-order chi connectivity index (χ0) is 24.1. The molecular weight excluding hydrogens is 434 g/mol. The molecule has 3 N–H and O–H groups in total. The van der Waals surface area contributed by atoms with Crippen molar-refractivity contribution >= 4 is 23.8 Å². The summed E-state index contributed by atoms with van der Waals surface area (Å²) in [5.41, 5.74) is 4.57. The van der Waals surface area contributed by atoms with E-state index in [1.807, 2.05) is 36.4 Å². The van der Waals surface area contributed by atoms with E-state index in [4.69, 9.17) is 9.84 Å². The van der Waals surface area contributed by atoms with Crippen molar-refractivity contribution in [2.75, 3.05) is 18.5 Å². The van der Waals surface area contributed by atoms with Crippen LogP contribution in [0.1, 0.15) is 40.9 Å². The molecule has 8 heteroatoms. The van der Waals surface area contributed by atoms with Crippen LogP contribution in [0.5, 0.6) is 0 Å². The molecule has 0 radical (unpaired) electrons. The molecule has 1 aliphatic carbocycles. The number of nitrogens with zero attached hydrogens (tertiary/aromatic N) is 1. The van der Waals surface area contributed by atoms with Gasteiger partial charge in [0.2, 0.25) is 0 Å². The fourth-order valence-electron chi connectivity index (χ4n) is 4.08. The number of carbonyl (C=O) groups is 3. The Morgan fingerprint density at radius 1 is 0.971 bits per heavy atom. The standard InChI is InChI=1S/C26H25N3O5/c1-2-16(25(31)32)14-27-24(30)22-12-7-13-23(28-22)29-26(33)34-15-21-19-10-5-3-8-17(19)18-9-4-6-11-20(18)21/h3-13,16,21H,2,14-15H2,1H3,(H,27,30)(H,31,32)(H,28,29,33). The first-order chi connectivity index (χ1) is 16.5. The fourth-order valence-corrected chi connectivity index (χ4v) is 4.08. The zero-order valence-electron chi connectivity index (χ0n) is 18.7. The maximum absolute atomic E-state index is 12.5. The van der Waals surface area contributed by atoms with Crippen molar-refractivity contribution in [1.29, 1.82) is 0 Å². The van der Waals surface area contributed by atoms with Gasteiger partial charge in [-0.3, -0.25) is 14.9 Å². The average Bonchev–Trinajstić information content (AvgIpc) is 3.16. The molecule has 0 aliphatic heterocycles. The van der Waals surface area contributed by atoms with Crippen LogP contribution in [0, 0.1) is 5.92 Å². The third-order valence-electron chi connectivity index (χ3n) is 5.91. The van der Waals surface area contributed by atoms with Crippen LogP contribution in [0.4, 0.5) is 10.6 Å². The summed E-state index contributed by atoms with van der Waals surface area (Å²) in [6.07, 6.45) is -0.282. The number of rotatable bonds is 8. The highest BCUT2D eigenvalue weighted by Crippen LogP contribution is 2.44. The SMILES string of the molecule is CCC(CNC(=O)c1cccc(NC(=O)OCC2c3ccccc3-c3ccccc32)n1)C(=O)O. The van der Waals surface area contributed by atoms with Crippen molar-refractivity contribution in [1.82, 2.24) is 10.3 Å². The summed E-state index contributed by atoms with van der Waals surface area (Å²) in [5.74, 6) is -2.07. The Labute approximate surface area is 197 Å². The number of pyridine rings is 1. The minimum Gasteiger partial charge on any atom is -0.481 e. The number of nitrogens with one attached hydrogen (secondary N) is 2. The number of carboxylic acids is 1. The molecule has 8 nitrogen and oxygen atoms in total. The molecule has 1 atom stereocenters. The van der Waals surface area contributed by atoms with Gasteiger partial charge in [-0.05, 0) is 40.8 Å². The summed E-state index contributed by atoms with van der Waals surface area (Å²) in [5, 5.41) is 14.2. The maximum atomic E-state index is 12.5. The number of aliphatic carboxylic acids is 1. The molecule has 1 aromatic heterocycles. The summed E-state index contributed by atoms with van der Waals surface area (Å²) in [6.45, 7) is 1.89. The highest BCUT2D eigenvalue weighted by atomic mass is 16.5. The molecule has 1 unspecified atom stereocenters. The van der Waals surface area contributed by atoms with Gasteiger partial charge in [-0.2, -0.15) is 0 Å². The lowest BCUT2D eigenvalue weighted by Gasteiger charge is -2.14. The lowest BCUT2D eigenvalue weighted by atomic mass is 9.98. The lowest BCUT2D eigenvalue weighted by Crippen LogP contribution is -2.33. The zero-order valence-corrected chi connectivity index (χ0v) is 18.7. The van der Waals surface area contributed by atoms with Crippen molar-refractivity contribution < 1.29 is 24.2 Å². The van der Waals surface area contributed by atoms with Gasteiger partial charge < -0.3 is 15.2 Å². The summed E-state index contributed by atoms with van der Waals surface area (Å²) in [6, 6.07) is 20.7. The largest absolute Gasteiger partial charge is 0.481 e. The van der Waals surface area contributed by atoms with Crippen LogP contribution in [0.25, 0.3) is 11.1 Å². The number of benzene rings is 2. The molecule has 34 heavy (non-hydrogen) atoms. The molecule has 1 heterocycles. The van der Waals surface area contributed by atoms with Crippen LogP contribution in [-0.4, -0.2) is 41.2 Å². The second-order valence-corrected chi connectivity index (χ2v) is 8.01. The first-order valence-corrected chi connectivity index (χ1v) is 11.1. The third kappa shape index (κ3) is 4.91. The van der Waals surface area contributed by atoms with E-state index in [0.717, 1.165) is 22.3 Å². The predicted octanol–water partition coefficient (Wildman–Crippen LogP) is 4.28. The number of amides is 2. The molecule has 2 amide bonds. The van der Waals surface area contributed by atoms with Crippen molar-refractivity contribution in [3.8, 4) is 11.1 Å². The Hall–Kier alpha value is -4.20. The van der Waals surface area contributed by atoms with E-state index in [1.54, 1.807) is 19.1 Å². The number of carboxylic acid groups (broad SMARTS) is 1. The van der Waals surface area contributed by atoms with Gasteiger partial charge in [0.05, 0.1) is 5.92 Å². The molecule has 174 valence electrons. The van der Waals surface area contributed by atoms with Gasteiger partial charge in [0, 0.05) is 12.5 Å². The van der Waals surface area contributed by atoms with E-state index in [9.17, 15) is 14.4 Å². The highest BCUT2D eigenvalue weighted by Gasteiger charge is 2.29. The molecule has 4 rings (SSSR count). The minimum atomic E-state index is -0.971. The molecule has 0 spiro atoms. The molecule has 3 aromatic rings. The summed E-state index contributed by atoms with van der Waals surface area (Å²) in [4.78, 5) is 40.1. The molecule has 0 fully saturated rings. The van der Waals surface area contributed by atoms with Crippen molar-refractivity contribution in [2.45, 2.75) is 19.3 Å². The van der Waals surface area contributed by atoms with E-state index in [-0.39, 0.29) is 30.6 Å². The number of carbonyl (C=O) groups excluding carboxylic acids is 2. The number of fused-ring (bicyclic) bond motifs is 3. The van der Waals surface area contributed by atoms with Crippen molar-refractivity contribution in [2.24, 2.45) is 5.92 Å². The topological polar surface area (TPSA) is 118 Å². The van der Waals surface area contributed by atoms with Gasteiger partial charge in [0.25, 0.3) is 5.91 Å². The van der Waals surface area contributed by atoms with Crippen LogP contribution in [0.3, 0.4) is 0 Å². The van der Waals surface area contributed by atoms with Crippen LogP contribution in [0.2, 0.25) is 0 Å². The Morgan fingerprint density at radius 2 is 1.62 bits per heavy atom.